The molecule has 0 aliphatic carbocycles. The first-order valence-electron chi connectivity index (χ1n) is 8.95. The molecule has 1 aliphatic heterocycles. The highest BCUT2D eigenvalue weighted by molar-refractivity contribution is 7.80. The Labute approximate surface area is 159 Å². The van der Waals surface area contributed by atoms with E-state index in [9.17, 15) is 0 Å². The summed E-state index contributed by atoms with van der Waals surface area (Å²) in [7, 11) is 1.68. The van der Waals surface area contributed by atoms with Crippen molar-refractivity contribution in [1.82, 2.24) is 9.88 Å². The van der Waals surface area contributed by atoms with E-state index in [0.717, 1.165) is 42.5 Å². The van der Waals surface area contributed by atoms with E-state index in [1.807, 2.05) is 24.3 Å². The summed E-state index contributed by atoms with van der Waals surface area (Å²) in [5, 5.41) is 5.45. The van der Waals surface area contributed by atoms with Gasteiger partial charge in [-0.3, -0.25) is 0 Å². The Hall–Kier alpha value is -2.53. The van der Waals surface area contributed by atoms with Gasteiger partial charge in [0.15, 0.2) is 5.11 Å². The molecular weight excluding hydrogens is 342 g/mol. The number of aromatic nitrogens is 1. The molecule has 134 valence electrons. The second-order valence-corrected chi connectivity index (χ2v) is 7.14. The smallest absolute Gasteiger partial charge is 0.173 e. The Balaban J connectivity index is 1.52. The number of H-pyrrole nitrogens is 1. The number of aromatic amines is 1. The quantitative estimate of drug-likeness (QED) is 0.665. The topological polar surface area (TPSA) is 40.3 Å². The van der Waals surface area contributed by atoms with E-state index in [1.54, 1.807) is 7.11 Å². The zero-order valence-corrected chi connectivity index (χ0v) is 16.0. The van der Waals surface area contributed by atoms with E-state index in [0.29, 0.717) is 0 Å². The second kappa shape index (κ2) is 7.00. The Morgan fingerprint density at radius 3 is 2.81 bits per heavy atom. The molecule has 0 spiro atoms. The van der Waals surface area contributed by atoms with Crippen molar-refractivity contribution in [1.29, 1.82) is 0 Å². The molecule has 2 aromatic carbocycles. The average molecular weight is 366 g/mol. The van der Waals surface area contributed by atoms with Crippen LogP contribution >= 0.6 is 12.2 Å². The van der Waals surface area contributed by atoms with Crippen molar-refractivity contribution in [3.63, 3.8) is 0 Å². The van der Waals surface area contributed by atoms with Crippen molar-refractivity contribution in [3.05, 3.63) is 59.3 Å². The molecule has 0 atom stereocenters. The number of hydrogen-bond donors (Lipinski definition) is 2. The van der Waals surface area contributed by atoms with Crippen LogP contribution in [0.1, 0.15) is 16.8 Å². The van der Waals surface area contributed by atoms with Crippen LogP contribution in [0.4, 0.5) is 5.69 Å². The number of thiocarbonyl (C=S) groups is 1. The van der Waals surface area contributed by atoms with Crippen LogP contribution < -0.4 is 10.1 Å². The Morgan fingerprint density at radius 2 is 1.96 bits per heavy atom. The summed E-state index contributed by atoms with van der Waals surface area (Å²) >= 11 is 5.67. The molecule has 26 heavy (non-hydrogen) atoms. The van der Waals surface area contributed by atoms with Crippen LogP contribution in [-0.4, -0.2) is 35.2 Å². The molecule has 3 aromatic rings. The third kappa shape index (κ3) is 3.15. The molecular formula is C21H23N3OS. The summed E-state index contributed by atoms with van der Waals surface area (Å²) in [6.45, 7) is 3.96. The number of aryl methyl sites for hydroxylation is 1. The Kier molecular flexibility index (Phi) is 4.55. The van der Waals surface area contributed by atoms with Crippen molar-refractivity contribution in [3.8, 4) is 5.75 Å². The molecule has 2 N–H and O–H groups in total. The van der Waals surface area contributed by atoms with Crippen LogP contribution in [0.3, 0.4) is 0 Å². The molecule has 0 fully saturated rings. The number of ether oxygens (including phenoxy) is 1. The molecule has 0 saturated heterocycles. The van der Waals surface area contributed by atoms with Crippen LogP contribution in [0, 0.1) is 6.92 Å². The van der Waals surface area contributed by atoms with E-state index in [1.165, 1.54) is 27.7 Å². The number of methoxy groups -OCH3 is 1. The van der Waals surface area contributed by atoms with Gasteiger partial charge in [0, 0.05) is 36.1 Å². The number of rotatable bonds is 2. The van der Waals surface area contributed by atoms with Crippen molar-refractivity contribution in [2.75, 3.05) is 25.5 Å². The maximum Gasteiger partial charge on any atom is 0.173 e. The lowest BCUT2D eigenvalue weighted by Gasteiger charge is -2.24. The van der Waals surface area contributed by atoms with Crippen LogP contribution in [0.2, 0.25) is 0 Å². The minimum Gasteiger partial charge on any atom is -0.495 e. The Morgan fingerprint density at radius 1 is 1.15 bits per heavy atom. The fraction of sp³-hybridized carbons (Fsp3) is 0.286. The maximum absolute atomic E-state index is 5.67. The van der Waals surface area contributed by atoms with Crippen LogP contribution in [0.5, 0.6) is 5.75 Å². The fourth-order valence-corrected chi connectivity index (χ4v) is 3.96. The van der Waals surface area contributed by atoms with Crippen molar-refractivity contribution >= 4 is 33.9 Å². The first kappa shape index (κ1) is 16.9. The summed E-state index contributed by atoms with van der Waals surface area (Å²) in [4.78, 5) is 5.85. The number of fused-ring (bicyclic) bond motifs is 3. The molecule has 1 aromatic heterocycles. The molecule has 0 radical (unpaired) electrons. The Bertz CT molecular complexity index is 963. The van der Waals surface area contributed by atoms with Crippen LogP contribution in [0.15, 0.2) is 42.5 Å². The predicted molar refractivity (Wildman–Crippen MR) is 111 cm³/mol. The van der Waals surface area contributed by atoms with Gasteiger partial charge in [-0.25, -0.2) is 0 Å². The SMILES string of the molecule is COc1ccccc1NC(=S)N1CCc2[nH]c3ccc(C)cc3c2CC1. The second-order valence-electron chi connectivity index (χ2n) is 6.75. The van der Waals surface area contributed by atoms with Crippen molar-refractivity contribution in [2.24, 2.45) is 0 Å². The van der Waals surface area contributed by atoms with Gasteiger partial charge in [-0.15, -0.1) is 0 Å². The molecule has 5 heteroatoms. The summed E-state index contributed by atoms with van der Waals surface area (Å²) in [6.07, 6.45) is 1.96. The van der Waals surface area contributed by atoms with E-state index >= 15 is 0 Å². The molecule has 0 amide bonds. The van der Waals surface area contributed by atoms with Crippen molar-refractivity contribution in [2.45, 2.75) is 19.8 Å². The number of para-hydroxylation sites is 2. The van der Waals surface area contributed by atoms with E-state index in [4.69, 9.17) is 17.0 Å². The van der Waals surface area contributed by atoms with Gasteiger partial charge in [-0.1, -0.05) is 23.8 Å². The molecule has 4 nitrogen and oxygen atoms in total. The molecule has 0 saturated carbocycles. The van der Waals surface area contributed by atoms with Gasteiger partial charge in [-0.05, 0) is 55.4 Å². The third-order valence-corrected chi connectivity index (χ3v) is 5.41. The standard InChI is InChI=1S/C21H23N3OS/c1-14-7-8-17-16(13-14)15-9-11-24(12-10-18(15)22-17)21(26)23-19-5-3-4-6-20(19)25-2/h3-8,13,22H,9-12H2,1-2H3,(H,23,26). The molecule has 2 heterocycles. The number of nitrogens with zero attached hydrogens (tertiary/aromatic N) is 1. The highest BCUT2D eigenvalue weighted by Gasteiger charge is 2.20. The number of nitrogens with one attached hydrogen (secondary N) is 2. The number of benzene rings is 2. The van der Waals surface area contributed by atoms with Gasteiger partial charge in [0.1, 0.15) is 5.75 Å². The summed E-state index contributed by atoms with van der Waals surface area (Å²) in [6, 6.07) is 14.5. The van der Waals surface area contributed by atoms with Gasteiger partial charge in [0.2, 0.25) is 0 Å². The zero-order chi connectivity index (χ0) is 18.1. The fourth-order valence-electron chi connectivity index (χ4n) is 3.67. The minimum atomic E-state index is 0.750. The summed E-state index contributed by atoms with van der Waals surface area (Å²) < 4.78 is 5.41. The molecule has 1 aliphatic rings. The molecule has 0 unspecified atom stereocenters. The van der Waals surface area contributed by atoms with Crippen molar-refractivity contribution < 1.29 is 4.74 Å². The molecule has 4 rings (SSSR count). The van der Waals surface area contributed by atoms with Gasteiger partial charge in [0.25, 0.3) is 0 Å². The zero-order valence-electron chi connectivity index (χ0n) is 15.1. The minimum absolute atomic E-state index is 0.750. The largest absolute Gasteiger partial charge is 0.495 e. The number of anilines is 1. The highest BCUT2D eigenvalue weighted by atomic mass is 32.1. The molecule has 0 bridgehead atoms. The lowest BCUT2D eigenvalue weighted by Crippen LogP contribution is -2.36. The normalized spacial score (nSPS) is 14.0. The third-order valence-electron chi connectivity index (χ3n) is 5.05. The lowest BCUT2D eigenvalue weighted by molar-refractivity contribution is 0.416. The van der Waals surface area contributed by atoms with E-state index in [-0.39, 0.29) is 0 Å². The van der Waals surface area contributed by atoms with Crippen LogP contribution in [0.25, 0.3) is 10.9 Å². The monoisotopic (exact) mass is 365 g/mol. The van der Waals surface area contributed by atoms with Gasteiger partial charge >= 0.3 is 0 Å². The number of hydrogen-bond acceptors (Lipinski definition) is 2. The summed E-state index contributed by atoms with van der Waals surface area (Å²) in [5.41, 5.74) is 6.22. The van der Waals surface area contributed by atoms with Crippen LogP contribution in [-0.2, 0) is 12.8 Å². The van der Waals surface area contributed by atoms with Gasteiger partial charge < -0.3 is 19.9 Å². The van der Waals surface area contributed by atoms with E-state index in [2.05, 4.69) is 40.3 Å². The van der Waals surface area contributed by atoms with Gasteiger partial charge in [-0.2, -0.15) is 0 Å². The summed E-state index contributed by atoms with van der Waals surface area (Å²) in [5.74, 6) is 0.802. The first-order chi connectivity index (χ1) is 12.7. The maximum atomic E-state index is 5.67. The first-order valence-corrected chi connectivity index (χ1v) is 9.35. The van der Waals surface area contributed by atoms with E-state index < -0.39 is 0 Å². The van der Waals surface area contributed by atoms with Gasteiger partial charge in [0.05, 0.1) is 12.8 Å². The lowest BCUT2D eigenvalue weighted by atomic mass is 10.1. The predicted octanol–water partition coefficient (Wildman–Crippen LogP) is 4.28. The average Bonchev–Trinajstić information content (AvgIpc) is 2.84. The highest BCUT2D eigenvalue weighted by Crippen LogP contribution is 2.28.